The highest BCUT2D eigenvalue weighted by Gasteiger charge is 2.25. The maximum atomic E-state index is 5.54. The van der Waals surface area contributed by atoms with E-state index >= 15 is 0 Å². The Hall–Kier alpha value is -2.75. The Labute approximate surface area is 213 Å². The van der Waals surface area contributed by atoms with E-state index in [4.69, 9.17) is 9.73 Å². The van der Waals surface area contributed by atoms with Gasteiger partial charge in [0.2, 0.25) is 0 Å². The van der Waals surface area contributed by atoms with Crippen molar-refractivity contribution >= 4 is 35.6 Å². The molecule has 1 aliphatic rings. The first-order valence-electron chi connectivity index (χ1n) is 11.2. The van der Waals surface area contributed by atoms with Crippen LogP contribution >= 0.6 is 24.0 Å². The smallest absolute Gasteiger partial charge is 0.191 e. The first kappa shape index (κ1) is 24.9. The third-order valence-electron chi connectivity index (χ3n) is 5.67. The molecule has 0 radical (unpaired) electrons. The summed E-state index contributed by atoms with van der Waals surface area (Å²) in [6, 6.07) is 18.8. The summed E-state index contributed by atoms with van der Waals surface area (Å²) in [5, 5.41) is 11.6. The number of anilines is 1. The van der Waals surface area contributed by atoms with Crippen molar-refractivity contribution in [3.63, 3.8) is 0 Å². The third kappa shape index (κ3) is 6.19. The lowest BCUT2D eigenvalue weighted by Gasteiger charge is -2.22. The standard InChI is InChI=1S/C25H32N6O.HI/c1-4-26-25(27-17-20-9-5-6-10-22(20)31-16-13-19(2)29-31)28-21-14-15-30(18-21)23-11-7-8-12-24(23)32-3;/h5-13,16,21H,4,14-15,17-18H2,1-3H3,(H2,26,27,28);1H. The molecule has 0 amide bonds. The molecule has 1 fully saturated rings. The number of hydrogen-bond acceptors (Lipinski definition) is 4. The van der Waals surface area contributed by atoms with Crippen molar-refractivity contribution < 1.29 is 4.74 Å². The fourth-order valence-electron chi connectivity index (χ4n) is 4.08. The molecule has 0 aliphatic carbocycles. The molecule has 176 valence electrons. The zero-order chi connectivity index (χ0) is 22.3. The van der Waals surface area contributed by atoms with E-state index in [1.165, 1.54) is 0 Å². The summed E-state index contributed by atoms with van der Waals surface area (Å²) in [5.41, 5.74) is 4.34. The van der Waals surface area contributed by atoms with E-state index < -0.39 is 0 Å². The minimum absolute atomic E-state index is 0. The molecule has 2 aromatic carbocycles. The van der Waals surface area contributed by atoms with Crippen LogP contribution in [0.5, 0.6) is 5.75 Å². The van der Waals surface area contributed by atoms with E-state index in [1.54, 1.807) is 7.11 Å². The molecule has 2 heterocycles. The number of benzene rings is 2. The number of para-hydroxylation sites is 3. The molecule has 8 heteroatoms. The van der Waals surface area contributed by atoms with E-state index in [0.29, 0.717) is 12.6 Å². The first-order valence-corrected chi connectivity index (χ1v) is 11.2. The Bertz CT molecular complexity index is 1070. The van der Waals surface area contributed by atoms with Gasteiger partial charge in [-0.3, -0.25) is 0 Å². The highest BCUT2D eigenvalue weighted by molar-refractivity contribution is 14.0. The van der Waals surface area contributed by atoms with Gasteiger partial charge in [0.15, 0.2) is 5.96 Å². The number of aromatic nitrogens is 2. The number of methoxy groups -OCH3 is 1. The van der Waals surface area contributed by atoms with Gasteiger partial charge in [-0.15, -0.1) is 24.0 Å². The predicted molar refractivity (Wildman–Crippen MR) is 145 cm³/mol. The van der Waals surface area contributed by atoms with E-state index in [2.05, 4.69) is 51.8 Å². The number of ether oxygens (including phenoxy) is 1. The summed E-state index contributed by atoms with van der Waals surface area (Å²) in [4.78, 5) is 7.25. The molecule has 1 atom stereocenters. The van der Waals surface area contributed by atoms with Crippen LogP contribution in [0.25, 0.3) is 5.69 Å². The normalized spacial score (nSPS) is 15.8. The summed E-state index contributed by atoms with van der Waals surface area (Å²) >= 11 is 0. The number of nitrogens with zero attached hydrogens (tertiary/aromatic N) is 4. The SMILES string of the molecule is CCNC(=NCc1ccccc1-n1ccc(C)n1)NC1CCN(c2ccccc2OC)C1.I. The van der Waals surface area contributed by atoms with Crippen LogP contribution in [-0.2, 0) is 6.54 Å². The summed E-state index contributed by atoms with van der Waals surface area (Å²) in [7, 11) is 1.73. The van der Waals surface area contributed by atoms with Crippen LogP contribution in [0.2, 0.25) is 0 Å². The zero-order valence-corrected chi connectivity index (χ0v) is 21.8. The number of guanidine groups is 1. The van der Waals surface area contributed by atoms with Gasteiger partial charge < -0.3 is 20.3 Å². The fraction of sp³-hybridized carbons (Fsp3) is 0.360. The molecular formula is C25H33IN6O. The molecule has 1 aromatic heterocycles. The lowest BCUT2D eigenvalue weighted by molar-refractivity contribution is 0.415. The zero-order valence-electron chi connectivity index (χ0n) is 19.5. The maximum absolute atomic E-state index is 5.54. The minimum Gasteiger partial charge on any atom is -0.495 e. The van der Waals surface area contributed by atoms with Crippen molar-refractivity contribution in [3.05, 3.63) is 72.1 Å². The molecule has 7 nitrogen and oxygen atoms in total. The molecule has 4 rings (SSSR count). The molecule has 3 aromatic rings. The molecule has 1 saturated heterocycles. The van der Waals surface area contributed by atoms with Crippen LogP contribution in [-0.4, -0.2) is 48.5 Å². The topological polar surface area (TPSA) is 66.7 Å². The Kier molecular flexibility index (Phi) is 8.99. The summed E-state index contributed by atoms with van der Waals surface area (Å²) in [6.45, 7) is 7.38. The molecule has 0 bridgehead atoms. The third-order valence-corrected chi connectivity index (χ3v) is 5.67. The molecule has 1 aliphatic heterocycles. The molecule has 2 N–H and O–H groups in total. The van der Waals surface area contributed by atoms with Gasteiger partial charge in [0.25, 0.3) is 0 Å². The second kappa shape index (κ2) is 11.9. The highest BCUT2D eigenvalue weighted by atomic mass is 127. The summed E-state index contributed by atoms with van der Waals surface area (Å²) in [6.07, 6.45) is 3.04. The van der Waals surface area contributed by atoms with Crippen LogP contribution in [0.3, 0.4) is 0 Å². The van der Waals surface area contributed by atoms with Crippen molar-refractivity contribution in [3.8, 4) is 11.4 Å². The Morgan fingerprint density at radius 3 is 2.61 bits per heavy atom. The Morgan fingerprint density at radius 2 is 1.88 bits per heavy atom. The number of aliphatic imine (C=N–C) groups is 1. The van der Waals surface area contributed by atoms with Gasteiger partial charge in [-0.25, -0.2) is 9.67 Å². The Morgan fingerprint density at radius 1 is 1.12 bits per heavy atom. The second-order valence-corrected chi connectivity index (χ2v) is 7.97. The average molecular weight is 560 g/mol. The van der Waals surface area contributed by atoms with E-state index in [0.717, 1.165) is 60.4 Å². The van der Waals surface area contributed by atoms with Crippen LogP contribution in [0.1, 0.15) is 24.6 Å². The number of rotatable bonds is 7. The lowest BCUT2D eigenvalue weighted by atomic mass is 10.2. The number of hydrogen-bond donors (Lipinski definition) is 2. The van der Waals surface area contributed by atoms with Crippen molar-refractivity contribution in [2.75, 3.05) is 31.6 Å². The monoisotopic (exact) mass is 560 g/mol. The van der Waals surface area contributed by atoms with Crippen LogP contribution < -0.4 is 20.3 Å². The van der Waals surface area contributed by atoms with Crippen LogP contribution in [0.4, 0.5) is 5.69 Å². The van der Waals surface area contributed by atoms with Crippen LogP contribution in [0, 0.1) is 6.92 Å². The largest absolute Gasteiger partial charge is 0.495 e. The highest BCUT2D eigenvalue weighted by Crippen LogP contribution is 2.30. The van der Waals surface area contributed by atoms with E-state index in [1.807, 2.05) is 48.1 Å². The van der Waals surface area contributed by atoms with E-state index in [9.17, 15) is 0 Å². The van der Waals surface area contributed by atoms with Gasteiger partial charge in [0, 0.05) is 31.9 Å². The minimum atomic E-state index is 0. The molecule has 33 heavy (non-hydrogen) atoms. The van der Waals surface area contributed by atoms with E-state index in [-0.39, 0.29) is 24.0 Å². The quantitative estimate of drug-likeness (QED) is 0.259. The molecule has 1 unspecified atom stereocenters. The van der Waals surface area contributed by atoms with Gasteiger partial charge in [-0.1, -0.05) is 30.3 Å². The second-order valence-electron chi connectivity index (χ2n) is 7.97. The maximum Gasteiger partial charge on any atom is 0.191 e. The van der Waals surface area contributed by atoms with Crippen molar-refractivity contribution in [1.29, 1.82) is 0 Å². The average Bonchev–Trinajstić information content (AvgIpc) is 3.47. The van der Waals surface area contributed by atoms with Gasteiger partial charge in [-0.2, -0.15) is 5.10 Å². The van der Waals surface area contributed by atoms with Gasteiger partial charge in [0.1, 0.15) is 5.75 Å². The van der Waals surface area contributed by atoms with Gasteiger partial charge in [-0.05, 0) is 50.1 Å². The van der Waals surface area contributed by atoms with Crippen molar-refractivity contribution in [2.24, 2.45) is 4.99 Å². The molecular weight excluding hydrogens is 527 g/mol. The summed E-state index contributed by atoms with van der Waals surface area (Å²) < 4.78 is 7.46. The van der Waals surface area contributed by atoms with Gasteiger partial charge in [0.05, 0.1) is 30.7 Å². The number of halogens is 1. The molecule has 0 saturated carbocycles. The fourth-order valence-corrected chi connectivity index (χ4v) is 4.08. The van der Waals surface area contributed by atoms with Crippen LogP contribution in [0.15, 0.2) is 65.8 Å². The predicted octanol–water partition coefficient (Wildman–Crippen LogP) is 4.14. The summed E-state index contributed by atoms with van der Waals surface area (Å²) in [5.74, 6) is 1.75. The molecule has 0 spiro atoms. The van der Waals surface area contributed by atoms with Crippen molar-refractivity contribution in [2.45, 2.75) is 32.9 Å². The number of nitrogens with one attached hydrogen (secondary N) is 2. The lowest BCUT2D eigenvalue weighted by Crippen LogP contribution is -2.44. The Balaban J connectivity index is 0.00000306. The van der Waals surface area contributed by atoms with Gasteiger partial charge >= 0.3 is 0 Å². The van der Waals surface area contributed by atoms with Crippen molar-refractivity contribution in [1.82, 2.24) is 20.4 Å². The number of aryl methyl sites for hydroxylation is 1. The first-order chi connectivity index (χ1) is 15.7.